The van der Waals surface area contributed by atoms with Crippen LogP contribution in [0.1, 0.15) is 31.9 Å². The summed E-state index contributed by atoms with van der Waals surface area (Å²) in [5.74, 6) is 1.21. The summed E-state index contributed by atoms with van der Waals surface area (Å²) in [6, 6.07) is 1.85. The van der Waals surface area contributed by atoms with Crippen molar-refractivity contribution in [2.45, 2.75) is 33.1 Å². The van der Waals surface area contributed by atoms with Crippen molar-refractivity contribution in [1.82, 2.24) is 14.3 Å². The van der Waals surface area contributed by atoms with E-state index in [9.17, 15) is 8.42 Å². The van der Waals surface area contributed by atoms with Gasteiger partial charge in [-0.15, -0.1) is 0 Å². The molecule has 0 aliphatic carbocycles. The molecule has 0 amide bonds. The highest BCUT2D eigenvalue weighted by Gasteiger charge is 2.30. The van der Waals surface area contributed by atoms with Crippen molar-refractivity contribution < 1.29 is 8.42 Å². The third-order valence-electron chi connectivity index (χ3n) is 3.74. The molecule has 0 unspecified atom stereocenters. The number of nitrogens with zero attached hydrogens (tertiary/aromatic N) is 3. The van der Waals surface area contributed by atoms with Gasteiger partial charge >= 0.3 is 0 Å². The predicted molar refractivity (Wildman–Crippen MR) is 83.6 cm³/mol. The fourth-order valence-corrected chi connectivity index (χ4v) is 4.18. The second-order valence-electron chi connectivity index (χ2n) is 5.58. The first kappa shape index (κ1) is 16.2. The zero-order valence-corrected chi connectivity index (χ0v) is 13.6. The third kappa shape index (κ3) is 4.64. The van der Waals surface area contributed by atoms with Crippen LogP contribution in [0.15, 0.2) is 12.3 Å². The van der Waals surface area contributed by atoms with Gasteiger partial charge < -0.3 is 5.32 Å². The van der Waals surface area contributed by atoms with Crippen LogP contribution in [0.3, 0.4) is 0 Å². The Morgan fingerprint density at radius 2 is 2.29 bits per heavy atom. The Balaban J connectivity index is 1.83. The Kier molecular flexibility index (Phi) is 5.52. The molecule has 6 nitrogen and oxygen atoms in total. The van der Waals surface area contributed by atoms with Gasteiger partial charge in [-0.05, 0) is 31.7 Å². The molecule has 1 aliphatic heterocycles. The maximum atomic E-state index is 12.1. The van der Waals surface area contributed by atoms with Gasteiger partial charge in [0.15, 0.2) is 0 Å². The van der Waals surface area contributed by atoms with Crippen molar-refractivity contribution in [1.29, 1.82) is 0 Å². The Labute approximate surface area is 127 Å². The van der Waals surface area contributed by atoms with Crippen molar-refractivity contribution in [3.63, 3.8) is 0 Å². The first-order valence-electron chi connectivity index (χ1n) is 7.52. The van der Waals surface area contributed by atoms with Gasteiger partial charge in [-0.1, -0.05) is 13.3 Å². The molecule has 1 aromatic rings. The monoisotopic (exact) mass is 312 g/mol. The number of sulfonamides is 1. The summed E-state index contributed by atoms with van der Waals surface area (Å²) >= 11 is 0. The summed E-state index contributed by atoms with van der Waals surface area (Å²) in [4.78, 5) is 8.44. The number of unbranched alkanes of at least 4 members (excludes halogenated alkanes) is 1. The normalized spacial score (nSPS) is 19.8. The van der Waals surface area contributed by atoms with Crippen molar-refractivity contribution in [2.24, 2.45) is 5.92 Å². The lowest BCUT2D eigenvalue weighted by molar-refractivity contribution is 0.459. The number of rotatable bonds is 7. The standard InChI is InChI=1S/C14H24N4O2S/c1-3-4-9-21(19,20)18-8-6-13(11-18)10-16-14-15-7-5-12(2)17-14/h5,7,13H,3-4,6,8-11H2,1-2H3,(H,15,16,17)/t13-/m1/s1. The second-order valence-corrected chi connectivity index (χ2v) is 7.67. The van der Waals surface area contributed by atoms with Crippen LogP contribution in [-0.4, -0.2) is 48.1 Å². The molecule has 21 heavy (non-hydrogen) atoms. The van der Waals surface area contributed by atoms with Crippen molar-refractivity contribution >= 4 is 16.0 Å². The van der Waals surface area contributed by atoms with Gasteiger partial charge in [0.05, 0.1) is 5.75 Å². The first-order valence-corrected chi connectivity index (χ1v) is 9.13. The minimum absolute atomic E-state index is 0.268. The van der Waals surface area contributed by atoms with E-state index in [2.05, 4.69) is 15.3 Å². The zero-order chi connectivity index (χ0) is 15.3. The Bertz CT molecular complexity index is 562. The number of nitrogens with one attached hydrogen (secondary N) is 1. The average molecular weight is 312 g/mol. The third-order valence-corrected chi connectivity index (χ3v) is 5.66. The minimum Gasteiger partial charge on any atom is -0.354 e. The highest BCUT2D eigenvalue weighted by Crippen LogP contribution is 2.20. The summed E-state index contributed by atoms with van der Waals surface area (Å²) in [5.41, 5.74) is 0.919. The number of anilines is 1. The lowest BCUT2D eigenvalue weighted by Gasteiger charge is -2.16. The van der Waals surface area contributed by atoms with E-state index in [1.165, 1.54) is 0 Å². The summed E-state index contributed by atoms with van der Waals surface area (Å²) in [5, 5.41) is 3.20. The average Bonchev–Trinajstić information content (AvgIpc) is 2.93. The largest absolute Gasteiger partial charge is 0.354 e. The van der Waals surface area contributed by atoms with Crippen LogP contribution in [0.2, 0.25) is 0 Å². The molecule has 1 aliphatic rings. The molecule has 1 atom stereocenters. The highest BCUT2D eigenvalue weighted by molar-refractivity contribution is 7.89. The van der Waals surface area contributed by atoms with Gasteiger partial charge in [0.25, 0.3) is 0 Å². The lowest BCUT2D eigenvalue weighted by Crippen LogP contribution is -2.31. The molecule has 0 aromatic carbocycles. The molecule has 0 bridgehead atoms. The van der Waals surface area contributed by atoms with Gasteiger partial charge in [0, 0.05) is 31.5 Å². The maximum Gasteiger partial charge on any atom is 0.222 e. The van der Waals surface area contributed by atoms with E-state index in [-0.39, 0.29) is 5.75 Å². The van der Waals surface area contributed by atoms with Crippen LogP contribution < -0.4 is 5.32 Å². The fourth-order valence-electron chi connectivity index (χ4n) is 2.44. The van der Waals surface area contributed by atoms with E-state index in [0.717, 1.165) is 25.0 Å². The van der Waals surface area contributed by atoms with E-state index in [4.69, 9.17) is 0 Å². The first-order chi connectivity index (χ1) is 10.0. The van der Waals surface area contributed by atoms with E-state index in [1.807, 2.05) is 19.9 Å². The van der Waals surface area contributed by atoms with Crippen molar-refractivity contribution in [3.8, 4) is 0 Å². The molecular formula is C14H24N4O2S. The zero-order valence-electron chi connectivity index (χ0n) is 12.7. The Morgan fingerprint density at radius 1 is 1.48 bits per heavy atom. The second kappa shape index (κ2) is 7.17. The fraction of sp³-hybridized carbons (Fsp3) is 0.714. The van der Waals surface area contributed by atoms with Gasteiger partial charge in [-0.25, -0.2) is 22.7 Å². The molecule has 2 heterocycles. The van der Waals surface area contributed by atoms with Crippen LogP contribution in [0, 0.1) is 12.8 Å². The van der Waals surface area contributed by atoms with Crippen LogP contribution in [0.4, 0.5) is 5.95 Å². The molecule has 1 aromatic heterocycles. The topological polar surface area (TPSA) is 75.2 Å². The van der Waals surface area contributed by atoms with E-state index in [1.54, 1.807) is 10.5 Å². The molecule has 1 N–H and O–H groups in total. The quantitative estimate of drug-likeness (QED) is 0.828. The SMILES string of the molecule is CCCCS(=O)(=O)N1CC[C@H](CNc2nccc(C)n2)C1. The van der Waals surface area contributed by atoms with E-state index in [0.29, 0.717) is 31.5 Å². The lowest BCUT2D eigenvalue weighted by atomic mass is 10.1. The number of hydrogen-bond donors (Lipinski definition) is 1. The van der Waals surface area contributed by atoms with Crippen molar-refractivity contribution in [3.05, 3.63) is 18.0 Å². The summed E-state index contributed by atoms with van der Waals surface area (Å²) in [6.07, 6.45) is 4.26. The molecule has 118 valence electrons. The predicted octanol–water partition coefficient (Wildman–Crippen LogP) is 1.65. The van der Waals surface area contributed by atoms with Gasteiger partial charge in [0.1, 0.15) is 0 Å². The summed E-state index contributed by atoms with van der Waals surface area (Å²) < 4.78 is 25.9. The molecule has 7 heteroatoms. The minimum atomic E-state index is -3.07. The van der Waals surface area contributed by atoms with Crippen molar-refractivity contribution in [2.75, 3.05) is 30.7 Å². The van der Waals surface area contributed by atoms with E-state index >= 15 is 0 Å². The van der Waals surface area contributed by atoms with Gasteiger partial charge in [-0.2, -0.15) is 0 Å². The number of hydrogen-bond acceptors (Lipinski definition) is 5. The molecule has 0 saturated carbocycles. The molecule has 1 fully saturated rings. The number of aromatic nitrogens is 2. The van der Waals surface area contributed by atoms with Crippen LogP contribution in [-0.2, 0) is 10.0 Å². The maximum absolute atomic E-state index is 12.1. The Hall–Kier alpha value is -1.21. The smallest absolute Gasteiger partial charge is 0.222 e. The van der Waals surface area contributed by atoms with E-state index < -0.39 is 10.0 Å². The highest BCUT2D eigenvalue weighted by atomic mass is 32.2. The van der Waals surface area contributed by atoms with Gasteiger partial charge in [-0.3, -0.25) is 0 Å². The molecule has 0 spiro atoms. The van der Waals surface area contributed by atoms with Crippen LogP contribution >= 0.6 is 0 Å². The molecule has 2 rings (SSSR count). The number of aryl methyl sites for hydroxylation is 1. The molecule has 0 radical (unpaired) electrons. The Morgan fingerprint density at radius 3 is 3.00 bits per heavy atom. The molecule has 1 saturated heterocycles. The summed E-state index contributed by atoms with van der Waals surface area (Å²) in [7, 11) is -3.07. The van der Waals surface area contributed by atoms with Crippen LogP contribution in [0.25, 0.3) is 0 Å². The van der Waals surface area contributed by atoms with Crippen LogP contribution in [0.5, 0.6) is 0 Å². The molecular weight excluding hydrogens is 288 g/mol. The van der Waals surface area contributed by atoms with Gasteiger partial charge in [0.2, 0.25) is 16.0 Å². The summed E-state index contributed by atoms with van der Waals surface area (Å²) in [6.45, 7) is 5.87.